The number of methoxy groups -OCH3 is 1. The summed E-state index contributed by atoms with van der Waals surface area (Å²) in [5.74, 6) is -0.407. The maximum Gasteiger partial charge on any atom is 0.336 e. The minimum Gasteiger partial charge on any atom is -0.467 e. The zero-order valence-corrected chi connectivity index (χ0v) is 29.2. The Morgan fingerprint density at radius 3 is 2.67 bits per heavy atom. The highest BCUT2D eigenvalue weighted by Gasteiger charge is 2.32. The zero-order valence-electron chi connectivity index (χ0n) is 28.4. The maximum absolute atomic E-state index is 13.8. The summed E-state index contributed by atoms with van der Waals surface area (Å²) in [5, 5.41) is 13.6. The molecule has 0 radical (unpaired) electrons. The van der Waals surface area contributed by atoms with Crippen molar-refractivity contribution >= 4 is 39.5 Å². The number of esters is 1. The van der Waals surface area contributed by atoms with Gasteiger partial charge in [-0.2, -0.15) is 0 Å². The first kappa shape index (κ1) is 34.4. The molecule has 0 spiro atoms. The van der Waals surface area contributed by atoms with E-state index in [-0.39, 0.29) is 42.5 Å². The number of fused-ring (bicyclic) bond motifs is 2. The van der Waals surface area contributed by atoms with Gasteiger partial charge in [0.1, 0.15) is 10.3 Å². The van der Waals surface area contributed by atoms with E-state index < -0.39 is 12.1 Å². The summed E-state index contributed by atoms with van der Waals surface area (Å²) in [6.07, 6.45) is 4.00. The lowest BCUT2D eigenvalue weighted by molar-refractivity contribution is -0.158. The Balaban J connectivity index is 1.21. The van der Waals surface area contributed by atoms with E-state index in [0.29, 0.717) is 29.5 Å². The predicted octanol–water partition coefficient (Wildman–Crippen LogP) is 4.17. The number of pyridine rings is 1. The number of benzene rings is 1. The second-order valence-corrected chi connectivity index (χ2v) is 15.4. The summed E-state index contributed by atoms with van der Waals surface area (Å²) in [6.45, 7) is 9.91. The molecule has 48 heavy (non-hydrogen) atoms. The molecular weight excluding hydrogens is 630 g/mol. The first-order valence-electron chi connectivity index (χ1n) is 17.1. The van der Waals surface area contributed by atoms with Crippen LogP contribution in [0.5, 0.6) is 0 Å². The summed E-state index contributed by atoms with van der Waals surface area (Å²) < 4.78 is 10.3. The van der Waals surface area contributed by atoms with Gasteiger partial charge in [-0.15, -0.1) is 0 Å². The van der Waals surface area contributed by atoms with Crippen LogP contribution >= 0.6 is 11.3 Å². The predicted molar refractivity (Wildman–Crippen MR) is 183 cm³/mol. The van der Waals surface area contributed by atoms with Crippen molar-refractivity contribution in [3.05, 3.63) is 57.7 Å². The first-order chi connectivity index (χ1) is 23.0. The van der Waals surface area contributed by atoms with Gasteiger partial charge in [-0.1, -0.05) is 44.2 Å². The fraction of sp³-hybridized carbons (Fsp3) is 0.583. The molecule has 2 N–H and O–H groups in total. The average molecular weight is 678 g/mol. The molecule has 0 saturated carbocycles. The highest BCUT2D eigenvalue weighted by atomic mass is 32.1. The minimum atomic E-state index is -0.820. The zero-order chi connectivity index (χ0) is 34.0. The largest absolute Gasteiger partial charge is 0.467 e. The van der Waals surface area contributed by atoms with Crippen LogP contribution < -0.4 is 5.32 Å². The van der Waals surface area contributed by atoms with E-state index in [9.17, 15) is 19.5 Å². The number of morpholine rings is 1. The van der Waals surface area contributed by atoms with Crippen LogP contribution in [0.25, 0.3) is 10.3 Å². The molecule has 1 aromatic carbocycles. The summed E-state index contributed by atoms with van der Waals surface area (Å²) in [6, 6.07) is 9.08. The second-order valence-electron chi connectivity index (χ2n) is 14.4. The number of aliphatic hydroxyl groups is 1. The SMILES string of the molecule is COC(=O)C1CN(C(=O)c2cccc(C(CCN3CCC(O)CC3)NC(=O)c3nc4cc5c(nc4s3)CC[C@H](C(C)(C)C)C5)c2)CCO1. The van der Waals surface area contributed by atoms with Crippen LogP contribution in [0.4, 0.5) is 0 Å². The van der Waals surface area contributed by atoms with Gasteiger partial charge in [0.25, 0.3) is 11.8 Å². The molecule has 3 aromatic rings. The quantitative estimate of drug-likeness (QED) is 0.337. The van der Waals surface area contributed by atoms with E-state index in [0.717, 1.165) is 73.3 Å². The fourth-order valence-corrected chi connectivity index (χ4v) is 7.87. The summed E-state index contributed by atoms with van der Waals surface area (Å²) >= 11 is 1.32. The van der Waals surface area contributed by atoms with Gasteiger partial charge < -0.3 is 29.7 Å². The number of ether oxygens (including phenoxy) is 2. The number of carbonyl (C=O) groups is 3. The van der Waals surface area contributed by atoms with Crippen molar-refractivity contribution in [2.75, 3.05) is 46.4 Å². The van der Waals surface area contributed by atoms with Crippen molar-refractivity contribution in [1.29, 1.82) is 0 Å². The van der Waals surface area contributed by atoms with E-state index in [4.69, 9.17) is 19.4 Å². The third kappa shape index (κ3) is 7.88. The molecule has 2 unspecified atom stereocenters. The first-order valence-corrected chi connectivity index (χ1v) is 17.9. The number of piperidine rings is 1. The van der Waals surface area contributed by atoms with Gasteiger partial charge in [-0.25, -0.2) is 14.8 Å². The van der Waals surface area contributed by atoms with E-state index >= 15 is 0 Å². The van der Waals surface area contributed by atoms with Crippen LogP contribution in [-0.4, -0.2) is 101 Å². The minimum absolute atomic E-state index is 0.114. The molecule has 2 aromatic heterocycles. The molecule has 2 aliphatic heterocycles. The summed E-state index contributed by atoms with van der Waals surface area (Å²) in [7, 11) is 1.30. The topological polar surface area (TPSA) is 134 Å². The monoisotopic (exact) mass is 677 g/mol. The Morgan fingerprint density at radius 2 is 1.92 bits per heavy atom. The number of thiazole rings is 1. The number of aryl methyl sites for hydroxylation is 1. The molecule has 3 aliphatic rings. The highest BCUT2D eigenvalue weighted by Crippen LogP contribution is 2.38. The van der Waals surface area contributed by atoms with Gasteiger partial charge >= 0.3 is 5.97 Å². The number of hydrogen-bond acceptors (Lipinski definition) is 10. The van der Waals surface area contributed by atoms with Gasteiger partial charge in [-0.3, -0.25) is 9.59 Å². The Kier molecular flexibility index (Phi) is 10.5. The molecule has 258 valence electrons. The molecule has 1 aliphatic carbocycles. The van der Waals surface area contributed by atoms with Gasteiger partial charge in [0, 0.05) is 37.4 Å². The lowest BCUT2D eigenvalue weighted by Crippen LogP contribution is -2.48. The number of nitrogens with one attached hydrogen (secondary N) is 1. The van der Waals surface area contributed by atoms with E-state index in [1.54, 1.807) is 11.0 Å². The maximum atomic E-state index is 13.8. The summed E-state index contributed by atoms with van der Waals surface area (Å²) in [4.78, 5) is 53.8. The average Bonchev–Trinajstić information content (AvgIpc) is 3.51. The lowest BCUT2D eigenvalue weighted by atomic mass is 9.71. The Morgan fingerprint density at radius 1 is 1.12 bits per heavy atom. The molecule has 4 heterocycles. The van der Waals surface area contributed by atoms with E-state index in [1.165, 1.54) is 24.0 Å². The number of aliphatic hydroxyl groups excluding tert-OH is 1. The number of rotatable bonds is 8. The standard InChI is InChI=1S/C36H47N5O6S/c1-36(2,3)25-8-9-27-24(19-25)20-29-32(38-27)48-33(39-29)31(43)37-28(12-15-40-13-10-26(42)11-14-40)22-6-5-7-23(18-22)34(44)41-16-17-47-30(21-41)35(45)46-4/h5-7,18,20,25-26,28,30,42H,8-17,19,21H2,1-4H3,(H,37,43)/t25-,28?,30?/m0/s1. The molecule has 6 rings (SSSR count). The third-order valence-electron chi connectivity index (χ3n) is 10.1. The van der Waals surface area contributed by atoms with Crippen LogP contribution in [0, 0.1) is 11.3 Å². The molecule has 12 heteroatoms. The molecule has 2 saturated heterocycles. The number of aromatic nitrogens is 2. The molecule has 2 amide bonds. The van der Waals surface area contributed by atoms with E-state index in [1.807, 2.05) is 18.2 Å². The van der Waals surface area contributed by atoms with Crippen LogP contribution in [0.2, 0.25) is 0 Å². The van der Waals surface area contributed by atoms with Gasteiger partial charge in [0.05, 0.1) is 32.4 Å². The van der Waals surface area contributed by atoms with Crippen molar-refractivity contribution in [1.82, 2.24) is 25.1 Å². The molecule has 3 atom stereocenters. The molecular formula is C36H47N5O6S. The van der Waals surface area contributed by atoms with Crippen LogP contribution in [0.1, 0.15) is 89.5 Å². The van der Waals surface area contributed by atoms with Crippen LogP contribution in [0.3, 0.4) is 0 Å². The van der Waals surface area contributed by atoms with E-state index in [2.05, 4.69) is 37.1 Å². The van der Waals surface area contributed by atoms with Gasteiger partial charge in [0.15, 0.2) is 11.1 Å². The number of hydrogen-bond donors (Lipinski definition) is 2. The number of amides is 2. The Hall–Kier alpha value is -3.45. The van der Waals surface area contributed by atoms with Gasteiger partial charge in [-0.05, 0) is 79.2 Å². The fourth-order valence-electron chi connectivity index (χ4n) is 7.02. The van der Waals surface area contributed by atoms with Gasteiger partial charge in [0.2, 0.25) is 0 Å². The van der Waals surface area contributed by atoms with Crippen molar-refractivity contribution in [3.8, 4) is 0 Å². The number of carbonyl (C=O) groups excluding carboxylic acids is 3. The smallest absolute Gasteiger partial charge is 0.336 e. The van der Waals surface area contributed by atoms with Crippen LogP contribution in [0.15, 0.2) is 30.3 Å². The van der Waals surface area contributed by atoms with Crippen molar-refractivity contribution < 1.29 is 29.0 Å². The number of likely N-dealkylation sites (tertiary alicyclic amines) is 1. The second kappa shape index (κ2) is 14.6. The van der Waals surface area contributed by atoms with Crippen molar-refractivity contribution in [2.45, 2.75) is 77.5 Å². The Bertz CT molecular complexity index is 1650. The third-order valence-corrected chi connectivity index (χ3v) is 11.1. The molecule has 0 bridgehead atoms. The molecule has 11 nitrogen and oxygen atoms in total. The Labute approximate surface area is 286 Å². The van der Waals surface area contributed by atoms with Crippen molar-refractivity contribution in [2.24, 2.45) is 11.3 Å². The highest BCUT2D eigenvalue weighted by molar-refractivity contribution is 7.19. The van der Waals surface area contributed by atoms with Crippen LogP contribution in [-0.2, 0) is 27.1 Å². The summed E-state index contributed by atoms with van der Waals surface area (Å²) in [5.41, 5.74) is 4.61. The number of nitrogens with zero attached hydrogens (tertiary/aromatic N) is 4. The normalized spacial score (nSPS) is 21.5. The molecule has 2 fully saturated rings. The lowest BCUT2D eigenvalue weighted by Gasteiger charge is -2.34. The van der Waals surface area contributed by atoms with Crippen molar-refractivity contribution in [3.63, 3.8) is 0 Å².